The SMILES string of the molecule is CN1CC[C@H](Cc2cnc(-c3ccn[nH]3)cn2)C1. The van der Waals surface area contributed by atoms with Crippen molar-refractivity contribution in [3.63, 3.8) is 0 Å². The van der Waals surface area contributed by atoms with Crippen molar-refractivity contribution in [1.82, 2.24) is 25.1 Å². The van der Waals surface area contributed by atoms with E-state index in [4.69, 9.17) is 0 Å². The highest BCUT2D eigenvalue weighted by Crippen LogP contribution is 2.19. The summed E-state index contributed by atoms with van der Waals surface area (Å²) in [5.74, 6) is 0.724. The van der Waals surface area contributed by atoms with Gasteiger partial charge in [0, 0.05) is 18.9 Å². The molecule has 94 valence electrons. The van der Waals surface area contributed by atoms with Crippen molar-refractivity contribution in [2.75, 3.05) is 20.1 Å². The maximum absolute atomic E-state index is 4.49. The van der Waals surface area contributed by atoms with E-state index < -0.39 is 0 Å². The van der Waals surface area contributed by atoms with Crippen molar-refractivity contribution in [1.29, 1.82) is 0 Å². The van der Waals surface area contributed by atoms with Gasteiger partial charge in [0.1, 0.15) is 5.69 Å². The molecule has 0 saturated carbocycles. The van der Waals surface area contributed by atoms with Gasteiger partial charge in [0.25, 0.3) is 0 Å². The van der Waals surface area contributed by atoms with Gasteiger partial charge in [-0.15, -0.1) is 0 Å². The van der Waals surface area contributed by atoms with Gasteiger partial charge in [-0.3, -0.25) is 15.1 Å². The number of nitrogens with zero attached hydrogens (tertiary/aromatic N) is 4. The Morgan fingerprint density at radius 2 is 2.33 bits per heavy atom. The molecule has 0 amide bonds. The van der Waals surface area contributed by atoms with Crippen molar-refractivity contribution in [2.45, 2.75) is 12.8 Å². The third-order valence-corrected chi connectivity index (χ3v) is 3.47. The molecule has 5 nitrogen and oxygen atoms in total. The summed E-state index contributed by atoms with van der Waals surface area (Å²) in [7, 11) is 2.17. The number of nitrogens with one attached hydrogen (secondary N) is 1. The molecule has 3 heterocycles. The zero-order valence-corrected chi connectivity index (χ0v) is 10.5. The zero-order valence-electron chi connectivity index (χ0n) is 10.5. The molecule has 0 bridgehead atoms. The minimum absolute atomic E-state index is 0.724. The van der Waals surface area contributed by atoms with Gasteiger partial charge in [-0.2, -0.15) is 5.10 Å². The fraction of sp³-hybridized carbons (Fsp3) is 0.462. The smallest absolute Gasteiger partial charge is 0.106 e. The van der Waals surface area contributed by atoms with Crippen LogP contribution in [0.15, 0.2) is 24.7 Å². The Balaban J connectivity index is 1.68. The lowest BCUT2D eigenvalue weighted by molar-refractivity contribution is 0.393. The quantitative estimate of drug-likeness (QED) is 0.884. The van der Waals surface area contributed by atoms with Crippen LogP contribution in [-0.2, 0) is 6.42 Å². The second-order valence-corrected chi connectivity index (χ2v) is 4.98. The molecule has 0 spiro atoms. The highest BCUT2D eigenvalue weighted by molar-refractivity contribution is 5.51. The molecule has 1 aliphatic heterocycles. The van der Waals surface area contributed by atoms with E-state index >= 15 is 0 Å². The minimum Gasteiger partial charge on any atom is -0.306 e. The Labute approximate surface area is 106 Å². The van der Waals surface area contributed by atoms with Crippen LogP contribution >= 0.6 is 0 Å². The Morgan fingerprint density at radius 1 is 1.39 bits per heavy atom. The summed E-state index contributed by atoms with van der Waals surface area (Å²) in [6.07, 6.45) is 7.72. The first kappa shape index (κ1) is 11.3. The molecule has 1 atom stereocenters. The van der Waals surface area contributed by atoms with Gasteiger partial charge in [0.05, 0.1) is 17.6 Å². The number of hydrogen-bond donors (Lipinski definition) is 1. The largest absolute Gasteiger partial charge is 0.306 e. The molecule has 1 fully saturated rings. The Hall–Kier alpha value is -1.75. The summed E-state index contributed by atoms with van der Waals surface area (Å²) in [5, 5.41) is 6.81. The van der Waals surface area contributed by atoms with Gasteiger partial charge in [-0.1, -0.05) is 0 Å². The molecule has 0 unspecified atom stereocenters. The summed E-state index contributed by atoms with van der Waals surface area (Å²) in [5.41, 5.74) is 2.84. The average Bonchev–Trinajstić information content (AvgIpc) is 3.02. The normalized spacial score (nSPS) is 20.4. The minimum atomic E-state index is 0.724. The number of likely N-dealkylation sites (tertiary alicyclic amines) is 1. The van der Waals surface area contributed by atoms with Gasteiger partial charge in [0.15, 0.2) is 0 Å². The molecular weight excluding hydrogens is 226 g/mol. The molecule has 5 heteroatoms. The first-order chi connectivity index (χ1) is 8.81. The van der Waals surface area contributed by atoms with Crippen LogP contribution in [0.5, 0.6) is 0 Å². The predicted octanol–water partition coefficient (Wildman–Crippen LogP) is 1.36. The van der Waals surface area contributed by atoms with E-state index in [9.17, 15) is 0 Å². The number of H-pyrrole nitrogens is 1. The van der Waals surface area contributed by atoms with E-state index in [0.717, 1.165) is 29.4 Å². The van der Waals surface area contributed by atoms with E-state index in [0.29, 0.717) is 0 Å². The molecule has 2 aromatic rings. The van der Waals surface area contributed by atoms with Crippen LogP contribution in [0.4, 0.5) is 0 Å². The maximum atomic E-state index is 4.49. The Morgan fingerprint density at radius 3 is 2.94 bits per heavy atom. The zero-order chi connectivity index (χ0) is 12.4. The van der Waals surface area contributed by atoms with Gasteiger partial charge in [-0.05, 0) is 38.4 Å². The van der Waals surface area contributed by atoms with Crippen LogP contribution < -0.4 is 0 Å². The monoisotopic (exact) mass is 243 g/mol. The standard InChI is InChI=1S/C13H17N5/c1-18-5-3-10(9-18)6-11-7-15-13(8-14-11)12-2-4-16-17-12/h2,4,7-8,10H,3,5-6,9H2,1H3,(H,16,17)/t10-/m1/s1. The van der Waals surface area contributed by atoms with Crippen molar-refractivity contribution in [3.05, 3.63) is 30.4 Å². The lowest BCUT2D eigenvalue weighted by Crippen LogP contribution is -2.15. The first-order valence-corrected chi connectivity index (χ1v) is 6.30. The highest BCUT2D eigenvalue weighted by Gasteiger charge is 2.20. The molecular formula is C13H17N5. The second-order valence-electron chi connectivity index (χ2n) is 4.98. The van der Waals surface area contributed by atoms with Gasteiger partial charge < -0.3 is 4.90 Å². The van der Waals surface area contributed by atoms with Crippen molar-refractivity contribution < 1.29 is 0 Å². The van der Waals surface area contributed by atoms with Crippen LogP contribution in [0, 0.1) is 5.92 Å². The van der Waals surface area contributed by atoms with Crippen molar-refractivity contribution >= 4 is 0 Å². The van der Waals surface area contributed by atoms with E-state index in [1.807, 2.05) is 18.5 Å². The van der Waals surface area contributed by atoms with E-state index in [1.165, 1.54) is 19.5 Å². The summed E-state index contributed by atoms with van der Waals surface area (Å²) in [4.78, 5) is 11.3. The van der Waals surface area contributed by atoms with Crippen molar-refractivity contribution in [2.24, 2.45) is 5.92 Å². The van der Waals surface area contributed by atoms with E-state index in [2.05, 4.69) is 32.1 Å². The third-order valence-electron chi connectivity index (χ3n) is 3.47. The second kappa shape index (κ2) is 4.86. The highest BCUT2D eigenvalue weighted by atomic mass is 15.1. The average molecular weight is 243 g/mol. The van der Waals surface area contributed by atoms with E-state index in [1.54, 1.807) is 6.20 Å². The summed E-state index contributed by atoms with van der Waals surface area (Å²) >= 11 is 0. The topological polar surface area (TPSA) is 57.7 Å². The molecule has 3 rings (SSSR count). The first-order valence-electron chi connectivity index (χ1n) is 6.30. The fourth-order valence-electron chi connectivity index (χ4n) is 2.49. The predicted molar refractivity (Wildman–Crippen MR) is 68.9 cm³/mol. The molecule has 1 N–H and O–H groups in total. The van der Waals surface area contributed by atoms with Crippen LogP contribution in [0.25, 0.3) is 11.4 Å². The molecule has 18 heavy (non-hydrogen) atoms. The van der Waals surface area contributed by atoms with Crippen LogP contribution in [0.1, 0.15) is 12.1 Å². The van der Waals surface area contributed by atoms with Crippen molar-refractivity contribution in [3.8, 4) is 11.4 Å². The lowest BCUT2D eigenvalue weighted by atomic mass is 10.0. The molecule has 0 aromatic carbocycles. The van der Waals surface area contributed by atoms with Crippen LogP contribution in [0.2, 0.25) is 0 Å². The summed E-state index contributed by atoms with van der Waals surface area (Å²) in [6.45, 7) is 2.37. The van der Waals surface area contributed by atoms with Gasteiger partial charge in [0.2, 0.25) is 0 Å². The molecule has 0 radical (unpaired) electrons. The Kier molecular flexibility index (Phi) is 3.06. The van der Waals surface area contributed by atoms with Gasteiger partial charge in [-0.25, -0.2) is 0 Å². The summed E-state index contributed by atoms with van der Waals surface area (Å²) < 4.78 is 0. The number of rotatable bonds is 3. The van der Waals surface area contributed by atoms with Crippen LogP contribution in [0.3, 0.4) is 0 Å². The number of aromatic nitrogens is 4. The van der Waals surface area contributed by atoms with Crippen LogP contribution in [-0.4, -0.2) is 45.2 Å². The van der Waals surface area contributed by atoms with Gasteiger partial charge >= 0.3 is 0 Å². The number of aromatic amines is 1. The third kappa shape index (κ3) is 2.41. The lowest BCUT2D eigenvalue weighted by Gasteiger charge is -2.09. The van der Waals surface area contributed by atoms with E-state index in [-0.39, 0.29) is 0 Å². The molecule has 0 aliphatic carbocycles. The maximum Gasteiger partial charge on any atom is 0.106 e. The fourth-order valence-corrected chi connectivity index (χ4v) is 2.49. The number of hydrogen-bond acceptors (Lipinski definition) is 4. The molecule has 2 aromatic heterocycles. The molecule has 1 aliphatic rings. The Bertz CT molecular complexity index is 491. The summed E-state index contributed by atoms with van der Waals surface area (Å²) in [6, 6.07) is 1.90. The molecule has 1 saturated heterocycles.